The third-order valence-corrected chi connectivity index (χ3v) is 4.89. The summed E-state index contributed by atoms with van der Waals surface area (Å²) in [6.45, 7) is 0.756. The van der Waals surface area contributed by atoms with Crippen molar-refractivity contribution in [3.05, 3.63) is 0 Å². The molecular weight excluding hydrogens is 468 g/mol. The second kappa shape index (κ2) is 17.2. The summed E-state index contributed by atoms with van der Waals surface area (Å²) < 4.78 is 0. The van der Waals surface area contributed by atoms with Crippen LogP contribution in [0.15, 0.2) is 0 Å². The van der Waals surface area contributed by atoms with Gasteiger partial charge in [0.2, 0.25) is 17.7 Å². The SMILES string of the molecule is NCCCCC(N)C(=O)NC(CCCCN)C(=O)NC(CC(=O)O)C(=O)NC(CC(=O)O)C(=O)O. The van der Waals surface area contributed by atoms with Crippen molar-refractivity contribution in [1.29, 1.82) is 0 Å². The van der Waals surface area contributed by atoms with Gasteiger partial charge in [-0.15, -0.1) is 0 Å². The van der Waals surface area contributed by atoms with Crippen molar-refractivity contribution >= 4 is 35.6 Å². The maximum Gasteiger partial charge on any atom is 0.326 e. The molecule has 4 unspecified atom stereocenters. The highest BCUT2D eigenvalue weighted by Gasteiger charge is 2.32. The van der Waals surface area contributed by atoms with Gasteiger partial charge in [-0.05, 0) is 45.2 Å². The molecular formula is C20H36N6O9. The van der Waals surface area contributed by atoms with Crippen LogP contribution in [0.5, 0.6) is 0 Å². The zero-order valence-electron chi connectivity index (χ0n) is 19.4. The van der Waals surface area contributed by atoms with Crippen LogP contribution >= 0.6 is 0 Å². The van der Waals surface area contributed by atoms with Gasteiger partial charge in [-0.2, -0.15) is 0 Å². The van der Waals surface area contributed by atoms with Gasteiger partial charge >= 0.3 is 17.9 Å². The molecule has 0 saturated heterocycles. The van der Waals surface area contributed by atoms with Gasteiger partial charge in [0, 0.05) is 0 Å². The molecule has 0 spiro atoms. The Balaban J connectivity index is 5.48. The molecule has 3 amide bonds. The van der Waals surface area contributed by atoms with Crippen LogP contribution in [0.2, 0.25) is 0 Å². The Morgan fingerprint density at radius 3 is 1.51 bits per heavy atom. The molecule has 0 aromatic rings. The standard InChI is InChI=1S/C20H36N6O9/c21-7-3-1-5-11(23)17(31)24-12(6-2-4-8-22)18(32)25-13(9-15(27)28)19(33)26-14(20(34)35)10-16(29)30/h11-14H,1-10,21-23H2,(H,24,31)(H,25,32)(H,26,33)(H,27,28)(H,29,30)(H,34,35). The summed E-state index contributed by atoms with van der Waals surface area (Å²) >= 11 is 0. The molecule has 0 heterocycles. The van der Waals surface area contributed by atoms with E-state index in [1.165, 1.54) is 0 Å². The molecule has 0 aromatic heterocycles. The molecule has 0 bridgehead atoms. The topological polar surface area (TPSA) is 277 Å². The highest BCUT2D eigenvalue weighted by atomic mass is 16.4. The number of nitrogens with one attached hydrogen (secondary N) is 3. The summed E-state index contributed by atoms with van der Waals surface area (Å²) in [5.74, 6) is -7.38. The largest absolute Gasteiger partial charge is 0.481 e. The average Bonchev–Trinajstić information content (AvgIpc) is 2.76. The summed E-state index contributed by atoms with van der Waals surface area (Å²) in [6, 6.07) is -5.67. The van der Waals surface area contributed by atoms with Gasteiger partial charge in [-0.1, -0.05) is 6.42 Å². The van der Waals surface area contributed by atoms with Gasteiger partial charge < -0.3 is 48.5 Å². The zero-order chi connectivity index (χ0) is 27.0. The number of hydrogen-bond donors (Lipinski definition) is 9. The first-order chi connectivity index (χ1) is 16.4. The highest BCUT2D eigenvalue weighted by Crippen LogP contribution is 2.06. The maximum atomic E-state index is 12.9. The number of hydrogen-bond acceptors (Lipinski definition) is 9. The molecule has 4 atom stereocenters. The normalized spacial score (nSPS) is 14.1. The van der Waals surface area contributed by atoms with Crippen LogP contribution in [0, 0.1) is 0 Å². The number of amides is 3. The molecule has 35 heavy (non-hydrogen) atoms. The van der Waals surface area contributed by atoms with E-state index < -0.39 is 72.6 Å². The van der Waals surface area contributed by atoms with Gasteiger partial charge in [-0.3, -0.25) is 24.0 Å². The Bertz CT molecular complexity index is 749. The minimum absolute atomic E-state index is 0.114. The van der Waals surface area contributed by atoms with E-state index in [0.717, 1.165) is 0 Å². The first-order valence-electron chi connectivity index (χ1n) is 11.2. The van der Waals surface area contributed by atoms with Crippen LogP contribution in [0.25, 0.3) is 0 Å². The van der Waals surface area contributed by atoms with E-state index in [2.05, 4.69) is 10.6 Å². The number of unbranched alkanes of at least 4 members (excludes halogenated alkanes) is 2. The predicted octanol–water partition coefficient (Wildman–Crippen LogP) is -2.94. The van der Waals surface area contributed by atoms with Gasteiger partial charge in [-0.25, -0.2) is 4.79 Å². The van der Waals surface area contributed by atoms with E-state index in [1.54, 1.807) is 0 Å². The Morgan fingerprint density at radius 2 is 1.03 bits per heavy atom. The molecule has 15 nitrogen and oxygen atoms in total. The summed E-state index contributed by atoms with van der Waals surface area (Å²) in [6.07, 6.45) is 0.758. The van der Waals surface area contributed by atoms with E-state index in [-0.39, 0.29) is 6.42 Å². The highest BCUT2D eigenvalue weighted by molar-refractivity contribution is 5.96. The summed E-state index contributed by atoms with van der Waals surface area (Å²) in [5, 5.41) is 33.6. The maximum absolute atomic E-state index is 12.9. The molecule has 0 fully saturated rings. The molecule has 0 aromatic carbocycles. The van der Waals surface area contributed by atoms with Crippen molar-refractivity contribution in [3.8, 4) is 0 Å². The van der Waals surface area contributed by atoms with Gasteiger partial charge in [0.15, 0.2) is 0 Å². The van der Waals surface area contributed by atoms with E-state index in [9.17, 15) is 28.8 Å². The number of carbonyl (C=O) groups is 6. The molecule has 0 aliphatic heterocycles. The molecule has 0 aliphatic rings. The number of nitrogens with two attached hydrogens (primary N) is 3. The lowest BCUT2D eigenvalue weighted by Crippen LogP contribution is -2.57. The number of carboxylic acids is 3. The fourth-order valence-electron chi connectivity index (χ4n) is 2.98. The second-order valence-corrected chi connectivity index (χ2v) is 7.89. The molecule has 0 radical (unpaired) electrons. The van der Waals surface area contributed by atoms with Crippen molar-refractivity contribution in [1.82, 2.24) is 16.0 Å². The number of rotatable bonds is 19. The molecule has 0 saturated carbocycles. The zero-order valence-corrected chi connectivity index (χ0v) is 19.4. The molecule has 0 aliphatic carbocycles. The van der Waals surface area contributed by atoms with Crippen molar-refractivity contribution in [2.45, 2.75) is 75.5 Å². The van der Waals surface area contributed by atoms with Crippen LogP contribution in [0.1, 0.15) is 51.4 Å². The third kappa shape index (κ3) is 13.9. The fourth-order valence-corrected chi connectivity index (χ4v) is 2.98. The lowest BCUT2D eigenvalue weighted by atomic mass is 10.0. The van der Waals surface area contributed by atoms with Crippen molar-refractivity contribution in [2.75, 3.05) is 13.1 Å². The van der Waals surface area contributed by atoms with Crippen molar-refractivity contribution in [2.24, 2.45) is 17.2 Å². The van der Waals surface area contributed by atoms with Crippen LogP contribution in [0.4, 0.5) is 0 Å². The first-order valence-corrected chi connectivity index (χ1v) is 11.2. The van der Waals surface area contributed by atoms with Gasteiger partial charge in [0.25, 0.3) is 0 Å². The van der Waals surface area contributed by atoms with E-state index in [0.29, 0.717) is 45.2 Å². The Morgan fingerprint density at radius 1 is 0.600 bits per heavy atom. The van der Waals surface area contributed by atoms with Crippen LogP contribution in [-0.2, 0) is 28.8 Å². The minimum atomic E-state index is -1.85. The van der Waals surface area contributed by atoms with Crippen molar-refractivity contribution < 1.29 is 44.1 Å². The number of carbonyl (C=O) groups excluding carboxylic acids is 3. The third-order valence-electron chi connectivity index (χ3n) is 4.89. The average molecular weight is 505 g/mol. The van der Waals surface area contributed by atoms with Gasteiger partial charge in [0.1, 0.15) is 18.1 Å². The van der Waals surface area contributed by atoms with Crippen molar-refractivity contribution in [3.63, 3.8) is 0 Å². The molecule has 0 rings (SSSR count). The summed E-state index contributed by atoms with van der Waals surface area (Å²) in [4.78, 5) is 71.0. The Labute approximate surface area is 202 Å². The van der Waals surface area contributed by atoms with E-state index in [1.807, 2.05) is 5.32 Å². The smallest absolute Gasteiger partial charge is 0.326 e. The molecule has 12 N–H and O–H groups in total. The Kier molecular flexibility index (Phi) is 15.6. The lowest BCUT2D eigenvalue weighted by Gasteiger charge is -2.24. The number of aliphatic carboxylic acids is 3. The quantitative estimate of drug-likeness (QED) is 0.0799. The Hall–Kier alpha value is -3.30. The minimum Gasteiger partial charge on any atom is -0.481 e. The van der Waals surface area contributed by atoms with Crippen LogP contribution in [-0.4, -0.2) is 88.2 Å². The van der Waals surface area contributed by atoms with E-state index in [4.69, 9.17) is 32.5 Å². The molecule has 200 valence electrons. The van der Waals surface area contributed by atoms with Crippen LogP contribution < -0.4 is 33.2 Å². The van der Waals surface area contributed by atoms with Gasteiger partial charge in [0.05, 0.1) is 18.9 Å². The van der Waals surface area contributed by atoms with Crippen LogP contribution in [0.3, 0.4) is 0 Å². The first kappa shape index (κ1) is 31.7. The monoisotopic (exact) mass is 504 g/mol. The lowest BCUT2D eigenvalue weighted by molar-refractivity contribution is -0.148. The van der Waals surface area contributed by atoms with E-state index >= 15 is 0 Å². The molecule has 15 heteroatoms. The summed E-state index contributed by atoms with van der Waals surface area (Å²) in [7, 11) is 0. The summed E-state index contributed by atoms with van der Waals surface area (Å²) in [5.41, 5.74) is 16.7. The number of carboxylic acid groups (broad SMARTS) is 3. The second-order valence-electron chi connectivity index (χ2n) is 7.89. The fraction of sp³-hybridized carbons (Fsp3) is 0.700. The predicted molar refractivity (Wildman–Crippen MR) is 122 cm³/mol.